The van der Waals surface area contributed by atoms with E-state index in [9.17, 15) is 9.59 Å². The number of carbonyl (C=O) groups is 2. The van der Waals surface area contributed by atoms with E-state index in [0.717, 1.165) is 44.3 Å². The molecule has 0 radical (unpaired) electrons. The Balaban J connectivity index is 1.41. The van der Waals surface area contributed by atoms with E-state index in [4.69, 9.17) is 16.3 Å². The van der Waals surface area contributed by atoms with E-state index in [1.807, 2.05) is 41.1 Å². The monoisotopic (exact) mass is 472 g/mol. The van der Waals surface area contributed by atoms with Crippen molar-refractivity contribution in [2.45, 2.75) is 52.0 Å². The molecule has 33 heavy (non-hydrogen) atoms. The average molecular weight is 473 g/mol. The summed E-state index contributed by atoms with van der Waals surface area (Å²) in [6.45, 7) is 5.56. The molecule has 0 aliphatic carbocycles. The van der Waals surface area contributed by atoms with Crippen LogP contribution in [0, 0.1) is 12.3 Å². The first-order valence-corrected chi connectivity index (χ1v) is 12.2. The topological polar surface area (TPSA) is 67.7 Å². The first-order chi connectivity index (χ1) is 15.9. The number of carbonyl (C=O) groups excluding carboxylic acids is 2. The van der Waals surface area contributed by atoms with E-state index in [0.29, 0.717) is 36.9 Å². The summed E-state index contributed by atoms with van der Waals surface area (Å²) in [5.41, 5.74) is 0.741. The molecule has 7 nitrogen and oxygen atoms in total. The molecule has 2 aliphatic rings. The molecule has 0 N–H and O–H groups in total. The number of hydrogen-bond acceptors (Lipinski definition) is 4. The smallest absolute Gasteiger partial charge is 0.244 e. The number of piperidine rings is 2. The Morgan fingerprint density at radius 3 is 2.45 bits per heavy atom. The molecule has 0 bridgehead atoms. The third-order valence-corrected chi connectivity index (χ3v) is 7.05. The van der Waals surface area contributed by atoms with Gasteiger partial charge in [0.25, 0.3) is 0 Å². The van der Waals surface area contributed by atoms with Crippen LogP contribution in [0.1, 0.15) is 44.1 Å². The summed E-state index contributed by atoms with van der Waals surface area (Å²) in [6, 6.07) is 7.36. The maximum Gasteiger partial charge on any atom is 0.244 e. The number of amides is 2. The Labute approximate surface area is 200 Å². The number of aromatic nitrogens is 2. The van der Waals surface area contributed by atoms with Gasteiger partial charge < -0.3 is 14.5 Å². The minimum absolute atomic E-state index is 0.0600. The van der Waals surface area contributed by atoms with Crippen molar-refractivity contribution in [1.29, 1.82) is 0 Å². The maximum absolute atomic E-state index is 13.2. The van der Waals surface area contributed by atoms with Crippen LogP contribution < -0.4 is 4.74 Å². The largest absolute Gasteiger partial charge is 0.493 e. The molecular weight excluding hydrogens is 440 g/mol. The second kappa shape index (κ2) is 10.6. The van der Waals surface area contributed by atoms with E-state index in [2.05, 4.69) is 5.10 Å². The lowest BCUT2D eigenvalue weighted by atomic mass is 9.75. The number of benzene rings is 1. The fourth-order valence-corrected chi connectivity index (χ4v) is 4.94. The normalized spacial score (nSPS) is 18.2. The van der Waals surface area contributed by atoms with Gasteiger partial charge >= 0.3 is 0 Å². The van der Waals surface area contributed by atoms with E-state index < -0.39 is 0 Å². The number of ether oxygens (including phenoxy) is 1. The van der Waals surface area contributed by atoms with Crippen LogP contribution in [-0.4, -0.2) is 64.2 Å². The number of nitrogens with zero attached hydrogens (tertiary/aromatic N) is 4. The highest BCUT2D eigenvalue weighted by Gasteiger charge is 2.40. The number of hydrogen-bond donors (Lipinski definition) is 0. The van der Waals surface area contributed by atoms with Crippen LogP contribution in [0.3, 0.4) is 0 Å². The lowest BCUT2D eigenvalue weighted by Gasteiger charge is -2.42. The van der Waals surface area contributed by atoms with Gasteiger partial charge in [-0.2, -0.15) is 5.10 Å². The Morgan fingerprint density at radius 1 is 1.06 bits per heavy atom. The third-order valence-electron chi connectivity index (χ3n) is 6.81. The average Bonchev–Trinajstić information content (AvgIpc) is 3.23. The van der Waals surface area contributed by atoms with E-state index >= 15 is 0 Å². The van der Waals surface area contributed by atoms with Crippen LogP contribution in [0.4, 0.5) is 0 Å². The Bertz CT molecular complexity index is 962. The molecule has 1 aromatic carbocycles. The zero-order chi connectivity index (χ0) is 23.3. The number of halogens is 1. The van der Waals surface area contributed by atoms with Gasteiger partial charge in [0.2, 0.25) is 11.8 Å². The van der Waals surface area contributed by atoms with Gasteiger partial charge in [0.05, 0.1) is 12.8 Å². The molecule has 2 amide bonds. The molecule has 0 atom stereocenters. The summed E-state index contributed by atoms with van der Waals surface area (Å²) < 4.78 is 7.82. The molecule has 2 aliphatic heterocycles. The highest BCUT2D eigenvalue weighted by molar-refractivity contribution is 6.30. The van der Waals surface area contributed by atoms with Gasteiger partial charge in [-0.25, -0.2) is 0 Å². The lowest BCUT2D eigenvalue weighted by molar-refractivity contribution is -0.139. The number of likely N-dealkylation sites (tertiary alicyclic amines) is 2. The van der Waals surface area contributed by atoms with Gasteiger partial charge in [0, 0.05) is 49.2 Å². The Morgan fingerprint density at radius 2 is 1.79 bits per heavy atom. The second-order valence-corrected chi connectivity index (χ2v) is 9.90. The zero-order valence-corrected chi connectivity index (χ0v) is 20.1. The summed E-state index contributed by atoms with van der Waals surface area (Å²) in [5, 5.41) is 4.85. The van der Waals surface area contributed by atoms with Crippen LogP contribution in [-0.2, 0) is 16.1 Å². The quantitative estimate of drug-likeness (QED) is 0.612. The SMILES string of the molecule is Cc1cnn(CC(=O)N2CCC(COc3cccc(Cl)c3)(CC(=O)N3CCCCC3)CC2)c1. The molecule has 2 aromatic rings. The zero-order valence-electron chi connectivity index (χ0n) is 19.3. The van der Waals surface area contributed by atoms with Gasteiger partial charge in [-0.05, 0) is 62.8 Å². The summed E-state index contributed by atoms with van der Waals surface area (Å²) in [6.07, 6.45) is 8.90. The van der Waals surface area contributed by atoms with Crippen molar-refractivity contribution < 1.29 is 14.3 Å². The number of rotatable bonds is 7. The minimum atomic E-state index is -0.296. The van der Waals surface area contributed by atoms with Crippen molar-refractivity contribution in [2.75, 3.05) is 32.8 Å². The second-order valence-electron chi connectivity index (χ2n) is 9.46. The van der Waals surface area contributed by atoms with Crippen molar-refractivity contribution in [3.05, 3.63) is 47.2 Å². The first-order valence-electron chi connectivity index (χ1n) is 11.9. The summed E-state index contributed by atoms with van der Waals surface area (Å²) >= 11 is 6.12. The highest BCUT2D eigenvalue weighted by Crippen LogP contribution is 2.37. The molecule has 2 fully saturated rings. The third kappa shape index (κ3) is 6.28. The lowest BCUT2D eigenvalue weighted by Crippen LogP contribution is -2.49. The van der Waals surface area contributed by atoms with Crippen LogP contribution in [0.2, 0.25) is 5.02 Å². The fourth-order valence-electron chi connectivity index (χ4n) is 4.76. The molecule has 2 saturated heterocycles. The van der Waals surface area contributed by atoms with Crippen LogP contribution in [0.25, 0.3) is 0 Å². The molecule has 1 aromatic heterocycles. The molecule has 8 heteroatoms. The molecule has 0 unspecified atom stereocenters. The standard InChI is InChI=1S/C25H33ClN4O3/c1-20-16-27-30(17-20)18-24(32)29-12-8-25(9-13-29,15-23(31)28-10-3-2-4-11-28)19-33-22-7-5-6-21(26)14-22/h5-7,14,16-17H,2-4,8-13,15,18-19H2,1H3. The molecular formula is C25H33ClN4O3. The van der Waals surface area contributed by atoms with Gasteiger partial charge in [-0.3, -0.25) is 14.3 Å². The molecule has 3 heterocycles. The van der Waals surface area contributed by atoms with E-state index in [1.165, 1.54) is 6.42 Å². The summed E-state index contributed by atoms with van der Waals surface area (Å²) in [5.74, 6) is 0.973. The molecule has 178 valence electrons. The maximum atomic E-state index is 13.2. The Hall–Kier alpha value is -2.54. The van der Waals surface area contributed by atoms with Gasteiger partial charge in [0.1, 0.15) is 12.3 Å². The van der Waals surface area contributed by atoms with Crippen LogP contribution in [0.15, 0.2) is 36.7 Å². The highest BCUT2D eigenvalue weighted by atomic mass is 35.5. The summed E-state index contributed by atoms with van der Waals surface area (Å²) in [4.78, 5) is 29.9. The number of aryl methyl sites for hydroxylation is 1. The Kier molecular flexibility index (Phi) is 7.58. The van der Waals surface area contributed by atoms with E-state index in [-0.39, 0.29) is 23.8 Å². The van der Waals surface area contributed by atoms with Crippen LogP contribution in [0.5, 0.6) is 5.75 Å². The predicted octanol–water partition coefficient (Wildman–Crippen LogP) is 3.94. The van der Waals surface area contributed by atoms with Gasteiger partial charge in [-0.1, -0.05) is 17.7 Å². The molecule has 0 saturated carbocycles. The van der Waals surface area contributed by atoms with E-state index in [1.54, 1.807) is 16.9 Å². The molecule has 4 rings (SSSR count). The van der Waals surface area contributed by atoms with Gasteiger partial charge in [0.15, 0.2) is 0 Å². The minimum Gasteiger partial charge on any atom is -0.493 e. The fraction of sp³-hybridized carbons (Fsp3) is 0.560. The van der Waals surface area contributed by atoms with Crippen molar-refractivity contribution >= 4 is 23.4 Å². The van der Waals surface area contributed by atoms with Crippen molar-refractivity contribution in [1.82, 2.24) is 19.6 Å². The van der Waals surface area contributed by atoms with Crippen LogP contribution >= 0.6 is 11.6 Å². The molecule has 0 spiro atoms. The van der Waals surface area contributed by atoms with Crippen molar-refractivity contribution in [3.8, 4) is 5.75 Å². The van der Waals surface area contributed by atoms with Crippen molar-refractivity contribution in [2.24, 2.45) is 5.41 Å². The van der Waals surface area contributed by atoms with Gasteiger partial charge in [-0.15, -0.1) is 0 Å². The summed E-state index contributed by atoms with van der Waals surface area (Å²) in [7, 11) is 0. The predicted molar refractivity (Wildman–Crippen MR) is 127 cm³/mol. The van der Waals surface area contributed by atoms with Crippen molar-refractivity contribution in [3.63, 3.8) is 0 Å². The first kappa shape index (κ1) is 23.6.